The van der Waals surface area contributed by atoms with Gasteiger partial charge in [-0.3, -0.25) is 4.79 Å². The molecule has 5 unspecified atom stereocenters. The number of hydrogen-bond donors (Lipinski definition) is 3. The molecule has 1 amide bonds. The Hall–Kier alpha value is -1.11. The van der Waals surface area contributed by atoms with Crippen LogP contribution in [-0.4, -0.2) is 62.4 Å². The second kappa shape index (κ2) is 2.42. The average molecular weight is 225 g/mol. The maximum atomic E-state index is 11.3. The minimum absolute atomic E-state index is 0.0673. The van der Waals surface area contributed by atoms with E-state index in [9.17, 15) is 9.90 Å². The van der Waals surface area contributed by atoms with Crippen LogP contribution in [0.1, 0.15) is 0 Å². The zero-order valence-electron chi connectivity index (χ0n) is 8.45. The standard InChI is InChI=1S/C10H12N2O4/c13-3-4-7(15)6-8-10(6,16-4)9-11-5(14)1-2-12(8)9/h1-2,4,6-9,13,15H,3H2,(H,11,14)/p+1/t4-,6?,7?,8?,9?,10?/m0/s1. The topological polar surface area (TPSA) is 85.6 Å². The molecule has 1 spiro atoms. The molecule has 6 nitrogen and oxygen atoms in total. The number of aliphatic hydroxyl groups excluding tert-OH is 2. The van der Waals surface area contributed by atoms with Crippen molar-refractivity contribution >= 4 is 5.91 Å². The van der Waals surface area contributed by atoms with Crippen molar-refractivity contribution in [2.75, 3.05) is 6.61 Å². The fourth-order valence-corrected chi connectivity index (χ4v) is 3.64. The van der Waals surface area contributed by atoms with Crippen LogP contribution in [-0.2, 0) is 4.79 Å². The van der Waals surface area contributed by atoms with E-state index in [2.05, 4.69) is 10.1 Å². The molecular formula is C10H13N2O4+. The van der Waals surface area contributed by atoms with Gasteiger partial charge < -0.3 is 25.2 Å². The van der Waals surface area contributed by atoms with Crippen molar-refractivity contribution < 1.29 is 19.7 Å². The summed E-state index contributed by atoms with van der Waals surface area (Å²) in [6.07, 6.45) is 2.18. The van der Waals surface area contributed by atoms with Gasteiger partial charge in [-0.05, 0) is 0 Å². The third-order valence-corrected chi connectivity index (χ3v) is 4.31. The number of amides is 1. The Balaban J connectivity index is 1.65. The summed E-state index contributed by atoms with van der Waals surface area (Å²) in [6, 6.07) is 0.215. The van der Waals surface area contributed by atoms with E-state index < -0.39 is 6.10 Å². The molecular weight excluding hydrogens is 212 g/mol. The van der Waals surface area contributed by atoms with Crippen molar-refractivity contribution in [1.82, 2.24) is 10.2 Å². The number of rotatable bonds is 1. The summed E-state index contributed by atoms with van der Waals surface area (Å²) in [4.78, 5) is 13.3. The first kappa shape index (κ1) is 8.98. The predicted octanol–water partition coefficient (Wildman–Crippen LogP) is -2.73. The molecule has 6 atom stereocenters. The van der Waals surface area contributed by atoms with Gasteiger partial charge in [-0.25, -0.2) is 0 Å². The van der Waals surface area contributed by atoms with E-state index >= 15 is 0 Å². The van der Waals surface area contributed by atoms with Gasteiger partial charge in [-0.15, -0.1) is 0 Å². The number of nitrogens with one attached hydrogen (secondary N) is 1. The number of fused-ring (bicyclic) bond motifs is 3. The maximum absolute atomic E-state index is 11.3. The third kappa shape index (κ3) is 0.704. The fourth-order valence-electron chi connectivity index (χ4n) is 3.64. The van der Waals surface area contributed by atoms with Crippen molar-refractivity contribution in [3.05, 3.63) is 12.3 Å². The second-order valence-corrected chi connectivity index (χ2v) is 4.90. The normalized spacial score (nSPS) is 56.0. The summed E-state index contributed by atoms with van der Waals surface area (Å²) in [7, 11) is 0. The van der Waals surface area contributed by atoms with E-state index in [-0.39, 0.29) is 42.3 Å². The zero-order valence-corrected chi connectivity index (χ0v) is 8.45. The predicted molar refractivity (Wildman–Crippen MR) is 52.0 cm³/mol. The molecule has 1 aliphatic carbocycles. The Bertz CT molecular complexity index is 412. The van der Waals surface area contributed by atoms with Crippen molar-refractivity contribution in [2.24, 2.45) is 5.92 Å². The molecule has 6 heteroatoms. The zero-order chi connectivity index (χ0) is 11.1. The van der Waals surface area contributed by atoms with Crippen molar-refractivity contribution in [3.63, 3.8) is 0 Å². The molecule has 3 fully saturated rings. The van der Waals surface area contributed by atoms with Crippen LogP contribution in [0.3, 0.4) is 0 Å². The number of hydrogen-bond acceptors (Lipinski definition) is 4. The molecule has 4 N–H and O–H groups in total. The molecule has 0 aromatic heterocycles. The highest BCUT2D eigenvalue weighted by atomic mass is 16.6. The quantitative estimate of drug-likeness (QED) is 0.423. The Labute approximate surface area is 91.5 Å². The molecule has 0 aromatic rings. The molecule has 1 saturated carbocycles. The monoisotopic (exact) mass is 225 g/mol. The van der Waals surface area contributed by atoms with Crippen LogP contribution in [0.4, 0.5) is 0 Å². The van der Waals surface area contributed by atoms with Gasteiger partial charge in [0.05, 0.1) is 0 Å². The van der Waals surface area contributed by atoms with Crippen LogP contribution < -0.4 is 5.32 Å². The summed E-state index contributed by atoms with van der Waals surface area (Å²) >= 11 is 0. The van der Waals surface area contributed by atoms with Crippen LogP contribution >= 0.6 is 0 Å². The lowest BCUT2D eigenvalue weighted by molar-refractivity contribution is -0.249. The molecule has 2 saturated heterocycles. The Morgan fingerprint density at radius 3 is 3.19 bits per heavy atom. The second-order valence-electron chi connectivity index (χ2n) is 4.90. The number of ether oxygens (including phenoxy) is 1. The Morgan fingerprint density at radius 2 is 2.44 bits per heavy atom. The van der Waals surface area contributed by atoms with Crippen molar-refractivity contribution in [2.45, 2.75) is 30.0 Å². The van der Waals surface area contributed by atoms with Gasteiger partial charge in [0.15, 0.2) is 6.17 Å². The van der Waals surface area contributed by atoms with Gasteiger partial charge in [-0.1, -0.05) is 0 Å². The number of aliphatic hydroxyl groups is 4. The molecule has 3 aliphatic heterocycles. The maximum Gasteiger partial charge on any atom is 0.247 e. The molecule has 16 heavy (non-hydrogen) atoms. The van der Waals surface area contributed by atoms with Gasteiger partial charge in [0.25, 0.3) is 0 Å². The highest BCUT2D eigenvalue weighted by Crippen LogP contribution is 2.67. The highest BCUT2D eigenvalue weighted by Gasteiger charge is 2.94. The molecule has 0 bridgehead atoms. The van der Waals surface area contributed by atoms with Gasteiger partial charge in [0, 0.05) is 12.3 Å². The smallest absolute Gasteiger partial charge is 0.247 e. The SMILES string of the molecule is O=C1C=CN2C(N1)C13[OH+][C@@H](CO)C(O)C1C23. The van der Waals surface area contributed by atoms with E-state index in [1.165, 1.54) is 6.08 Å². The van der Waals surface area contributed by atoms with E-state index in [1.54, 1.807) is 6.20 Å². The van der Waals surface area contributed by atoms with Gasteiger partial charge in [0.2, 0.25) is 17.6 Å². The van der Waals surface area contributed by atoms with Crippen LogP contribution in [0.25, 0.3) is 0 Å². The van der Waals surface area contributed by atoms with Crippen molar-refractivity contribution in [1.29, 1.82) is 0 Å². The van der Waals surface area contributed by atoms with Crippen LogP contribution in [0.15, 0.2) is 12.3 Å². The van der Waals surface area contributed by atoms with E-state index in [4.69, 9.17) is 5.11 Å². The van der Waals surface area contributed by atoms with Gasteiger partial charge in [0.1, 0.15) is 24.7 Å². The summed E-state index contributed by atoms with van der Waals surface area (Å²) < 4.78 is 4.49. The van der Waals surface area contributed by atoms with E-state index in [1.807, 2.05) is 4.90 Å². The van der Waals surface area contributed by atoms with Crippen LogP contribution in [0.2, 0.25) is 0 Å². The summed E-state index contributed by atoms with van der Waals surface area (Å²) in [5.74, 6) is -0.0467. The fraction of sp³-hybridized carbons (Fsp3) is 0.700. The molecule has 0 aromatic carbocycles. The lowest BCUT2D eigenvalue weighted by Crippen LogP contribution is -2.69. The van der Waals surface area contributed by atoms with E-state index in [0.717, 1.165) is 0 Å². The number of nitrogens with zero attached hydrogens (tertiary/aromatic N) is 1. The van der Waals surface area contributed by atoms with Crippen molar-refractivity contribution in [3.8, 4) is 0 Å². The molecule has 0 radical (unpaired) electrons. The first-order valence-electron chi connectivity index (χ1n) is 5.47. The molecule has 4 rings (SSSR count). The third-order valence-electron chi connectivity index (χ3n) is 4.31. The lowest BCUT2D eigenvalue weighted by atomic mass is 10.1. The van der Waals surface area contributed by atoms with E-state index in [0.29, 0.717) is 0 Å². The average Bonchev–Trinajstić information content (AvgIpc) is 2.74. The van der Waals surface area contributed by atoms with Crippen LogP contribution in [0, 0.1) is 5.92 Å². The first-order valence-corrected chi connectivity index (χ1v) is 5.47. The Kier molecular flexibility index (Phi) is 1.36. The van der Waals surface area contributed by atoms with Crippen LogP contribution in [0.5, 0.6) is 0 Å². The minimum atomic E-state index is -0.578. The highest BCUT2D eigenvalue weighted by molar-refractivity contribution is 5.89. The molecule has 4 aliphatic rings. The number of carbonyl (C=O) groups is 1. The Morgan fingerprint density at radius 1 is 1.62 bits per heavy atom. The lowest BCUT2D eigenvalue weighted by Gasteiger charge is -2.45. The first-order chi connectivity index (χ1) is 7.70. The molecule has 3 heterocycles. The minimum Gasteiger partial charge on any atom is -0.419 e. The number of carbonyl (C=O) groups excluding carboxylic acids is 1. The van der Waals surface area contributed by atoms with Gasteiger partial charge >= 0.3 is 0 Å². The summed E-state index contributed by atoms with van der Waals surface area (Å²) in [5, 5.41) is 21.9. The van der Waals surface area contributed by atoms with Gasteiger partial charge in [-0.2, -0.15) is 0 Å². The summed E-state index contributed by atoms with van der Waals surface area (Å²) in [5.41, 5.74) is -0.326. The summed E-state index contributed by atoms with van der Waals surface area (Å²) in [6.45, 7) is -0.122. The largest absolute Gasteiger partial charge is 0.419 e. The molecule has 86 valence electrons.